The molecule has 0 bridgehead atoms. The van der Waals surface area contributed by atoms with Gasteiger partial charge in [-0.3, -0.25) is 4.98 Å². The molecular formula is C14H21NO. The highest BCUT2D eigenvalue weighted by Gasteiger charge is 2.22. The number of fused-ring (bicyclic) bond motifs is 1. The zero-order valence-electron chi connectivity index (χ0n) is 10.7. The molecule has 0 amide bonds. The standard InChI is InChI=1S/C14H21NO/c1-9(2)7-11-8-15-13(10(3)4)14-12(11)5-6-16-14/h8-10H,5-7H2,1-4H3. The summed E-state index contributed by atoms with van der Waals surface area (Å²) < 4.78 is 5.75. The molecule has 2 rings (SSSR count). The van der Waals surface area contributed by atoms with Gasteiger partial charge in [0.05, 0.1) is 12.3 Å². The van der Waals surface area contributed by atoms with Gasteiger partial charge in [0.15, 0.2) is 0 Å². The minimum atomic E-state index is 0.444. The van der Waals surface area contributed by atoms with Crippen LogP contribution in [-0.2, 0) is 12.8 Å². The van der Waals surface area contributed by atoms with Gasteiger partial charge in [0.25, 0.3) is 0 Å². The van der Waals surface area contributed by atoms with E-state index in [-0.39, 0.29) is 0 Å². The maximum absolute atomic E-state index is 5.75. The molecule has 2 heteroatoms. The molecule has 0 spiro atoms. The van der Waals surface area contributed by atoms with Crippen molar-refractivity contribution in [2.75, 3.05) is 6.61 Å². The van der Waals surface area contributed by atoms with E-state index in [1.54, 1.807) is 0 Å². The third-order valence-electron chi connectivity index (χ3n) is 3.03. The molecule has 0 atom stereocenters. The van der Waals surface area contributed by atoms with Crippen LogP contribution in [0, 0.1) is 5.92 Å². The Morgan fingerprint density at radius 3 is 2.69 bits per heavy atom. The quantitative estimate of drug-likeness (QED) is 0.778. The first-order valence-corrected chi connectivity index (χ1v) is 6.23. The molecule has 1 aliphatic rings. The van der Waals surface area contributed by atoms with Crippen LogP contribution in [0.1, 0.15) is 50.4 Å². The van der Waals surface area contributed by atoms with E-state index < -0.39 is 0 Å². The monoisotopic (exact) mass is 219 g/mol. The SMILES string of the molecule is CC(C)Cc1cnc(C(C)C)c2c1CCO2. The molecule has 0 aliphatic carbocycles. The first-order chi connectivity index (χ1) is 7.59. The fourth-order valence-corrected chi connectivity index (χ4v) is 2.30. The van der Waals surface area contributed by atoms with E-state index >= 15 is 0 Å². The topological polar surface area (TPSA) is 22.1 Å². The summed E-state index contributed by atoms with van der Waals surface area (Å²) >= 11 is 0. The average Bonchev–Trinajstić information content (AvgIpc) is 2.65. The summed E-state index contributed by atoms with van der Waals surface area (Å²) in [6.45, 7) is 9.67. The van der Waals surface area contributed by atoms with E-state index in [0.717, 1.165) is 30.9 Å². The van der Waals surface area contributed by atoms with Crippen LogP contribution in [-0.4, -0.2) is 11.6 Å². The van der Waals surface area contributed by atoms with Gasteiger partial charge in [-0.1, -0.05) is 27.7 Å². The molecule has 2 heterocycles. The Balaban J connectivity index is 2.41. The molecule has 0 aromatic carbocycles. The van der Waals surface area contributed by atoms with E-state index in [1.807, 2.05) is 0 Å². The van der Waals surface area contributed by atoms with Gasteiger partial charge in [-0.15, -0.1) is 0 Å². The predicted molar refractivity (Wildman–Crippen MR) is 66.1 cm³/mol. The van der Waals surface area contributed by atoms with Gasteiger partial charge in [-0.05, 0) is 23.8 Å². The van der Waals surface area contributed by atoms with Crippen molar-refractivity contribution in [2.24, 2.45) is 5.92 Å². The lowest BCUT2D eigenvalue weighted by Crippen LogP contribution is -2.03. The van der Waals surface area contributed by atoms with Gasteiger partial charge in [-0.2, -0.15) is 0 Å². The van der Waals surface area contributed by atoms with Crippen LogP contribution in [0.4, 0.5) is 0 Å². The summed E-state index contributed by atoms with van der Waals surface area (Å²) in [6.07, 6.45) is 4.22. The molecule has 0 saturated heterocycles. The first-order valence-electron chi connectivity index (χ1n) is 6.23. The molecule has 16 heavy (non-hydrogen) atoms. The molecule has 1 aliphatic heterocycles. The Morgan fingerprint density at radius 1 is 1.31 bits per heavy atom. The maximum Gasteiger partial charge on any atom is 0.144 e. The second-order valence-corrected chi connectivity index (χ2v) is 5.33. The van der Waals surface area contributed by atoms with Gasteiger partial charge in [0.1, 0.15) is 5.75 Å². The Hall–Kier alpha value is -1.05. The summed E-state index contributed by atoms with van der Waals surface area (Å²) in [5.41, 5.74) is 3.92. The maximum atomic E-state index is 5.75. The molecule has 88 valence electrons. The van der Waals surface area contributed by atoms with E-state index in [1.165, 1.54) is 11.1 Å². The Bertz CT molecular complexity index is 383. The predicted octanol–water partition coefficient (Wildman–Crippen LogP) is 3.34. The molecule has 1 aromatic heterocycles. The summed E-state index contributed by atoms with van der Waals surface area (Å²) in [7, 11) is 0. The smallest absolute Gasteiger partial charge is 0.144 e. The Morgan fingerprint density at radius 2 is 2.06 bits per heavy atom. The average molecular weight is 219 g/mol. The zero-order chi connectivity index (χ0) is 11.7. The highest BCUT2D eigenvalue weighted by atomic mass is 16.5. The lowest BCUT2D eigenvalue weighted by atomic mass is 9.96. The molecule has 0 N–H and O–H groups in total. The molecule has 2 nitrogen and oxygen atoms in total. The molecule has 0 unspecified atom stereocenters. The third-order valence-corrected chi connectivity index (χ3v) is 3.03. The van der Waals surface area contributed by atoms with Gasteiger partial charge >= 0.3 is 0 Å². The van der Waals surface area contributed by atoms with E-state index in [9.17, 15) is 0 Å². The normalized spacial score (nSPS) is 14.4. The van der Waals surface area contributed by atoms with Crippen LogP contribution in [0.5, 0.6) is 5.75 Å². The lowest BCUT2D eigenvalue weighted by Gasteiger charge is -2.14. The second kappa shape index (κ2) is 4.44. The summed E-state index contributed by atoms with van der Waals surface area (Å²) in [4.78, 5) is 4.58. The minimum absolute atomic E-state index is 0.444. The van der Waals surface area contributed by atoms with Crippen molar-refractivity contribution in [3.63, 3.8) is 0 Å². The van der Waals surface area contributed by atoms with Crippen molar-refractivity contribution >= 4 is 0 Å². The van der Waals surface area contributed by atoms with Crippen molar-refractivity contribution in [1.82, 2.24) is 4.98 Å². The van der Waals surface area contributed by atoms with Crippen LogP contribution in [0.2, 0.25) is 0 Å². The number of aromatic nitrogens is 1. The lowest BCUT2D eigenvalue weighted by molar-refractivity contribution is 0.350. The number of ether oxygens (including phenoxy) is 1. The van der Waals surface area contributed by atoms with Crippen molar-refractivity contribution < 1.29 is 4.74 Å². The van der Waals surface area contributed by atoms with Crippen LogP contribution < -0.4 is 4.74 Å². The number of nitrogens with zero attached hydrogens (tertiary/aromatic N) is 1. The van der Waals surface area contributed by atoms with Crippen molar-refractivity contribution in [2.45, 2.75) is 46.5 Å². The number of hydrogen-bond acceptors (Lipinski definition) is 2. The van der Waals surface area contributed by atoms with Gasteiger partial charge in [0, 0.05) is 18.2 Å². The highest BCUT2D eigenvalue weighted by Crippen LogP contribution is 2.35. The molecule has 0 radical (unpaired) electrons. The van der Waals surface area contributed by atoms with Crippen molar-refractivity contribution in [3.05, 3.63) is 23.0 Å². The Labute approximate surface area is 98.0 Å². The summed E-state index contributed by atoms with van der Waals surface area (Å²) in [5.74, 6) is 2.20. The van der Waals surface area contributed by atoms with Gasteiger partial charge in [-0.25, -0.2) is 0 Å². The third kappa shape index (κ3) is 2.06. The van der Waals surface area contributed by atoms with Crippen LogP contribution in [0.3, 0.4) is 0 Å². The molecule has 0 saturated carbocycles. The van der Waals surface area contributed by atoms with Crippen molar-refractivity contribution in [1.29, 1.82) is 0 Å². The highest BCUT2D eigenvalue weighted by molar-refractivity contribution is 5.46. The number of pyridine rings is 1. The fourth-order valence-electron chi connectivity index (χ4n) is 2.30. The summed E-state index contributed by atoms with van der Waals surface area (Å²) in [5, 5.41) is 0. The minimum Gasteiger partial charge on any atom is -0.491 e. The van der Waals surface area contributed by atoms with Gasteiger partial charge < -0.3 is 4.74 Å². The van der Waals surface area contributed by atoms with E-state index in [2.05, 4.69) is 38.9 Å². The van der Waals surface area contributed by atoms with Gasteiger partial charge in [0.2, 0.25) is 0 Å². The Kier molecular flexibility index (Phi) is 3.17. The van der Waals surface area contributed by atoms with E-state index in [0.29, 0.717) is 11.8 Å². The van der Waals surface area contributed by atoms with Crippen LogP contribution >= 0.6 is 0 Å². The number of hydrogen-bond donors (Lipinski definition) is 0. The van der Waals surface area contributed by atoms with Crippen LogP contribution in [0.25, 0.3) is 0 Å². The second-order valence-electron chi connectivity index (χ2n) is 5.33. The van der Waals surface area contributed by atoms with E-state index in [4.69, 9.17) is 4.74 Å². The molecular weight excluding hydrogens is 198 g/mol. The zero-order valence-corrected chi connectivity index (χ0v) is 10.7. The molecule has 0 fully saturated rings. The summed E-state index contributed by atoms with van der Waals surface area (Å²) in [6, 6.07) is 0. The first kappa shape index (κ1) is 11.4. The fraction of sp³-hybridized carbons (Fsp3) is 0.643. The largest absolute Gasteiger partial charge is 0.491 e. The molecule has 1 aromatic rings. The van der Waals surface area contributed by atoms with Crippen molar-refractivity contribution in [3.8, 4) is 5.75 Å². The number of rotatable bonds is 3. The van der Waals surface area contributed by atoms with Crippen LogP contribution in [0.15, 0.2) is 6.20 Å².